The van der Waals surface area contributed by atoms with Crippen LogP contribution in [0.15, 0.2) is 141 Å². The third-order valence-corrected chi connectivity index (χ3v) is 20.5. The maximum absolute atomic E-state index is 13.6. The molecule has 2 aliphatic heterocycles. The van der Waals surface area contributed by atoms with Gasteiger partial charge in [0.25, 0.3) is 0 Å². The van der Waals surface area contributed by atoms with E-state index in [-0.39, 0.29) is 96.4 Å². The lowest BCUT2D eigenvalue weighted by molar-refractivity contribution is -0.166. The summed E-state index contributed by atoms with van der Waals surface area (Å²) in [5.41, 5.74) is 8.24. The first-order valence-electron chi connectivity index (χ1n) is 36.0. The Morgan fingerprint density at radius 1 is 0.277 bits per heavy atom. The van der Waals surface area contributed by atoms with Gasteiger partial charge < -0.3 is 66.8 Å². The number of hydrogen-bond acceptors (Lipinski definition) is 26. The molecule has 6 aromatic rings. The summed E-state index contributed by atoms with van der Waals surface area (Å²) in [5, 5.41) is 0.581. The molecular formula is C84H78N4O24. The van der Waals surface area contributed by atoms with Gasteiger partial charge in [0, 0.05) is 129 Å². The van der Waals surface area contributed by atoms with Crippen molar-refractivity contribution in [1.82, 2.24) is 9.97 Å². The number of nitrogens with one attached hydrogen (secondary N) is 2. The maximum Gasteiger partial charge on any atom is 0.337 e. The average Bonchev–Trinajstić information content (AvgIpc) is 1.55. The number of esters is 12. The van der Waals surface area contributed by atoms with E-state index >= 15 is 0 Å². The molecule has 0 amide bonds. The van der Waals surface area contributed by atoms with Crippen LogP contribution in [-0.2, 0) is 121 Å². The molecule has 578 valence electrons. The zero-order valence-corrected chi connectivity index (χ0v) is 63.2. The van der Waals surface area contributed by atoms with E-state index in [1.54, 1.807) is 97.1 Å². The second kappa shape index (κ2) is 31.6. The normalized spacial score (nSPS) is 20.8. The van der Waals surface area contributed by atoms with Crippen molar-refractivity contribution in [1.29, 1.82) is 0 Å². The van der Waals surface area contributed by atoms with E-state index in [1.807, 2.05) is 0 Å². The summed E-state index contributed by atoms with van der Waals surface area (Å²) in [6.45, 7) is 9.75. The summed E-state index contributed by atoms with van der Waals surface area (Å²) in [6, 6.07) is 25.8. The Morgan fingerprint density at radius 3 is 0.723 bits per heavy atom. The minimum atomic E-state index is -1.20. The number of carbonyl (C=O) groups is 12. The van der Waals surface area contributed by atoms with Crippen molar-refractivity contribution >= 4 is 105 Å². The smallest absolute Gasteiger partial charge is 0.337 e. The van der Waals surface area contributed by atoms with Crippen molar-refractivity contribution in [3.05, 3.63) is 220 Å². The second-order valence-electron chi connectivity index (χ2n) is 27.8. The molecule has 8 atom stereocenters. The van der Waals surface area contributed by atoms with Crippen LogP contribution in [0.4, 0.5) is 0 Å². The first-order chi connectivity index (χ1) is 53.5. The van der Waals surface area contributed by atoms with E-state index in [9.17, 15) is 57.5 Å². The Hall–Kier alpha value is -12.9. The molecule has 13 rings (SSSR count). The number of H-pyrrole nitrogens is 2. The third kappa shape index (κ3) is 15.2. The Kier molecular flexibility index (Phi) is 21.8. The van der Waals surface area contributed by atoms with Crippen LogP contribution in [-0.4, -0.2) is 170 Å². The lowest BCUT2D eigenvalue weighted by Crippen LogP contribution is -2.43. The number of ether oxygens (including phenoxy) is 12. The van der Waals surface area contributed by atoms with Gasteiger partial charge >= 0.3 is 71.6 Å². The summed E-state index contributed by atoms with van der Waals surface area (Å²) in [5.74, 6) is -8.48. The minimum absolute atomic E-state index is 0.138. The molecule has 0 saturated carbocycles. The van der Waals surface area contributed by atoms with Gasteiger partial charge in [0.2, 0.25) is 0 Å². The molecule has 0 fully saturated rings. The van der Waals surface area contributed by atoms with Crippen molar-refractivity contribution in [3.63, 3.8) is 0 Å². The van der Waals surface area contributed by atoms with Gasteiger partial charge in [0.15, 0.2) is 0 Å². The fraction of sp³-hybridized carbons (Fsp3) is 0.333. The number of aliphatic imine (C=N–C) groups is 2. The molecule has 8 bridgehead atoms. The molecule has 0 spiro atoms. The lowest BCUT2D eigenvalue weighted by atomic mass is 9.79. The summed E-state index contributed by atoms with van der Waals surface area (Å²) < 4.78 is 70.3. The van der Waals surface area contributed by atoms with Gasteiger partial charge in [-0.05, 0) is 115 Å². The standard InChI is InChI=1S/C84H78N4O24/c1-37(89)105-61-29-53-54(30-62(61)106-38(2)90)74-70(46-15-23-50(24-16-46)82(98)102-10)76-57-33-65(109-41(5)93)66(110-42(6)94)34-58(57)78(87-76)72(48-19-27-52(28-20-48)84(100)104-12)80-60-36-68(112-44(8)96)67(111-43(7)95)35-59(60)79(88-80)71(47-17-25-51(26-18-47)83(99)103-11)77-56-32-64(108-40(4)92)63(107-39(3)91)31-55(56)75(86-77)69(73(53)85-74)45-13-21-49(22-14-45)81(97)101-9/h13-28,61-68,85,88H,29-36H2,1-12H3. The fourth-order valence-corrected chi connectivity index (χ4v) is 16.1. The van der Waals surface area contributed by atoms with Crippen LogP contribution in [0.1, 0.15) is 178 Å². The number of benzene rings is 4. The largest absolute Gasteiger partial charge is 0.465 e. The first-order valence-corrected chi connectivity index (χ1v) is 36.0. The van der Waals surface area contributed by atoms with Crippen molar-refractivity contribution in [2.45, 2.75) is 156 Å². The monoisotopic (exact) mass is 1530 g/mol. The molecule has 28 heteroatoms. The van der Waals surface area contributed by atoms with E-state index in [2.05, 4.69) is 9.97 Å². The number of hydrogen-bond donors (Lipinski definition) is 2. The van der Waals surface area contributed by atoms with Gasteiger partial charge in [-0.3, -0.25) is 38.4 Å². The van der Waals surface area contributed by atoms with Gasteiger partial charge in [-0.1, -0.05) is 48.5 Å². The van der Waals surface area contributed by atoms with E-state index < -0.39 is 120 Å². The van der Waals surface area contributed by atoms with Crippen LogP contribution in [0.2, 0.25) is 0 Å². The Morgan fingerprint density at radius 2 is 0.491 bits per heavy atom. The highest BCUT2D eigenvalue weighted by Gasteiger charge is 2.48. The van der Waals surface area contributed by atoms with Gasteiger partial charge in [-0.15, -0.1) is 0 Å². The SMILES string of the molecule is COC(=O)c1ccc(C2=C3N=C(C4=C3CC(OC(C)=O)C(OC(C)=O)C4)C(c3ccc(C(=O)OC)cc3)=c3[nH]c(c4c3CC(OC(C)=O)C(OC(C)=O)C4)=C(c3ccc(C(=O)OC)cc3)C3=NC(=C(c4ccc(C(=O)OC)cc4)c4[nH]c2c2c4CC(OC(C)=O)C(OC(C)=O)C2)C2=C3CC(OC(C)=O)C(OC(C)=O)C2)cc1. The molecule has 112 heavy (non-hydrogen) atoms. The molecule has 4 aromatic carbocycles. The number of aromatic nitrogens is 2. The zero-order chi connectivity index (χ0) is 80.0. The first kappa shape index (κ1) is 77.3. The quantitative estimate of drug-likeness (QED) is 0.0687. The van der Waals surface area contributed by atoms with E-state index in [0.717, 1.165) is 0 Å². The van der Waals surface area contributed by atoms with Crippen LogP contribution in [0, 0.1) is 0 Å². The molecule has 5 aliphatic carbocycles. The van der Waals surface area contributed by atoms with Gasteiger partial charge in [0.05, 0.1) is 95.6 Å². The highest BCUT2D eigenvalue weighted by molar-refractivity contribution is 6.35. The molecule has 2 N–H and O–H groups in total. The van der Waals surface area contributed by atoms with Gasteiger partial charge in [0.1, 0.15) is 48.8 Å². The summed E-state index contributed by atoms with van der Waals surface area (Å²) in [7, 11) is 4.94. The summed E-state index contributed by atoms with van der Waals surface area (Å²) in [6.07, 6.45) is -11.1. The van der Waals surface area contributed by atoms with E-state index in [0.29, 0.717) is 111 Å². The Balaban J connectivity index is 1.34. The predicted octanol–water partition coefficient (Wildman–Crippen LogP) is 7.86. The predicted molar refractivity (Wildman–Crippen MR) is 396 cm³/mol. The summed E-state index contributed by atoms with van der Waals surface area (Å²) >= 11 is 0. The Bertz CT molecular complexity index is 5040. The molecule has 2 aromatic heterocycles. The zero-order valence-electron chi connectivity index (χ0n) is 63.2. The topological polar surface area (TPSA) is 372 Å². The molecule has 0 radical (unpaired) electrons. The highest BCUT2D eigenvalue weighted by Crippen LogP contribution is 2.52. The van der Waals surface area contributed by atoms with E-state index in [4.69, 9.17) is 66.8 Å². The number of carbonyl (C=O) groups excluding carboxylic acids is 12. The average molecular weight is 1530 g/mol. The lowest BCUT2D eigenvalue weighted by Gasteiger charge is -2.33. The summed E-state index contributed by atoms with van der Waals surface area (Å²) in [4.78, 5) is 182. The second-order valence-corrected chi connectivity index (χ2v) is 27.8. The Labute approximate surface area is 640 Å². The van der Waals surface area contributed by atoms with Crippen LogP contribution in [0.5, 0.6) is 0 Å². The number of aromatic amines is 2. The number of rotatable bonds is 16. The molecule has 0 saturated heterocycles. The molecule has 8 unspecified atom stereocenters. The molecule has 4 heterocycles. The molecule has 28 nitrogen and oxygen atoms in total. The van der Waals surface area contributed by atoms with Crippen molar-refractivity contribution in [2.24, 2.45) is 9.98 Å². The van der Waals surface area contributed by atoms with Crippen molar-refractivity contribution in [2.75, 3.05) is 28.4 Å². The third-order valence-electron chi connectivity index (χ3n) is 20.5. The van der Waals surface area contributed by atoms with Crippen LogP contribution in [0.3, 0.4) is 0 Å². The number of allylic oxidation sites excluding steroid dienone is 2. The minimum Gasteiger partial charge on any atom is -0.465 e. The van der Waals surface area contributed by atoms with E-state index in [1.165, 1.54) is 83.8 Å². The van der Waals surface area contributed by atoms with Crippen LogP contribution < -0.4 is 10.7 Å². The molecular weight excluding hydrogens is 1450 g/mol. The van der Waals surface area contributed by atoms with Crippen molar-refractivity contribution < 1.29 is 114 Å². The van der Waals surface area contributed by atoms with Crippen LogP contribution in [0.25, 0.3) is 22.3 Å². The number of nitrogens with zero attached hydrogens (tertiary/aromatic N) is 2. The fourth-order valence-electron chi connectivity index (χ4n) is 16.1. The van der Waals surface area contributed by atoms with Crippen LogP contribution >= 0.6 is 0 Å². The van der Waals surface area contributed by atoms with Gasteiger partial charge in [-0.25, -0.2) is 29.2 Å². The highest BCUT2D eigenvalue weighted by atomic mass is 16.6. The van der Waals surface area contributed by atoms with Gasteiger partial charge in [-0.2, -0.15) is 0 Å². The number of methoxy groups -OCH3 is 4. The van der Waals surface area contributed by atoms with Crippen molar-refractivity contribution in [3.8, 4) is 0 Å². The molecule has 7 aliphatic rings. The maximum atomic E-state index is 13.6.